The van der Waals surface area contributed by atoms with Gasteiger partial charge in [0.05, 0.1) is 10.5 Å². The van der Waals surface area contributed by atoms with Crippen molar-refractivity contribution in [1.82, 2.24) is 9.21 Å². The van der Waals surface area contributed by atoms with Gasteiger partial charge in [0, 0.05) is 19.1 Å². The van der Waals surface area contributed by atoms with E-state index in [0.717, 1.165) is 25.9 Å². The van der Waals surface area contributed by atoms with E-state index in [1.54, 1.807) is 13.8 Å². The first-order valence-corrected chi connectivity index (χ1v) is 10.3. The van der Waals surface area contributed by atoms with Crippen LogP contribution in [-0.4, -0.2) is 60.9 Å². The number of sulfonamides is 1. The predicted octanol–water partition coefficient (Wildman–Crippen LogP) is 2.25. The standard InChI is InChI=1S/C18H26N2O4S/c1-13-11-15(18(21)22)12-17(14(13)2)25(23,24)20-9-5-16(6-10-20)19-7-3-4-8-19/h11-12,16H,3-10H2,1-2H3,(H,21,22). The van der Waals surface area contributed by atoms with Gasteiger partial charge in [-0.3, -0.25) is 0 Å². The lowest BCUT2D eigenvalue weighted by Crippen LogP contribution is -2.46. The fraction of sp³-hybridized carbons (Fsp3) is 0.611. The summed E-state index contributed by atoms with van der Waals surface area (Å²) in [6.07, 6.45) is 4.16. The largest absolute Gasteiger partial charge is 0.478 e. The highest BCUT2D eigenvalue weighted by Gasteiger charge is 2.33. The number of hydrogen-bond acceptors (Lipinski definition) is 4. The SMILES string of the molecule is Cc1cc(C(=O)O)cc(S(=O)(=O)N2CCC(N3CCCC3)CC2)c1C. The third kappa shape index (κ3) is 3.59. The fourth-order valence-electron chi connectivity index (χ4n) is 3.91. The van der Waals surface area contributed by atoms with E-state index in [1.807, 2.05) is 0 Å². The number of nitrogens with zero attached hydrogens (tertiary/aromatic N) is 2. The average Bonchev–Trinajstić information content (AvgIpc) is 3.11. The number of benzene rings is 1. The number of likely N-dealkylation sites (tertiary alicyclic amines) is 1. The summed E-state index contributed by atoms with van der Waals surface area (Å²) in [5.74, 6) is -1.10. The van der Waals surface area contributed by atoms with Crippen LogP contribution in [0.25, 0.3) is 0 Å². The Hall–Kier alpha value is -1.44. The Kier molecular flexibility index (Phi) is 5.18. The molecule has 0 spiro atoms. The zero-order valence-corrected chi connectivity index (χ0v) is 15.7. The van der Waals surface area contributed by atoms with Crippen LogP contribution < -0.4 is 0 Å². The summed E-state index contributed by atoms with van der Waals surface area (Å²) in [5.41, 5.74) is 1.34. The maximum Gasteiger partial charge on any atom is 0.335 e. The second kappa shape index (κ2) is 7.05. The van der Waals surface area contributed by atoms with Gasteiger partial charge in [0.2, 0.25) is 10.0 Å². The molecule has 0 unspecified atom stereocenters. The van der Waals surface area contributed by atoms with Crippen molar-refractivity contribution < 1.29 is 18.3 Å². The number of carboxylic acids is 1. The van der Waals surface area contributed by atoms with Gasteiger partial charge in [-0.1, -0.05) is 0 Å². The second-order valence-electron chi connectivity index (χ2n) is 7.10. The minimum atomic E-state index is -3.67. The highest BCUT2D eigenvalue weighted by Crippen LogP contribution is 2.28. The zero-order valence-electron chi connectivity index (χ0n) is 14.9. The van der Waals surface area contributed by atoms with Crippen molar-refractivity contribution in [2.45, 2.75) is 50.5 Å². The lowest BCUT2D eigenvalue weighted by atomic mass is 10.1. The van der Waals surface area contributed by atoms with E-state index in [4.69, 9.17) is 0 Å². The molecule has 0 saturated carbocycles. The molecule has 25 heavy (non-hydrogen) atoms. The molecule has 0 amide bonds. The number of carboxylic acid groups (broad SMARTS) is 1. The summed E-state index contributed by atoms with van der Waals surface area (Å²) in [7, 11) is -3.67. The van der Waals surface area contributed by atoms with Gasteiger partial charge in [-0.25, -0.2) is 13.2 Å². The number of carbonyl (C=O) groups is 1. The molecule has 0 bridgehead atoms. The number of piperidine rings is 1. The van der Waals surface area contributed by atoms with E-state index < -0.39 is 16.0 Å². The third-order valence-electron chi connectivity index (χ3n) is 5.56. The summed E-state index contributed by atoms with van der Waals surface area (Å²) >= 11 is 0. The summed E-state index contributed by atoms with van der Waals surface area (Å²) < 4.78 is 27.7. The van der Waals surface area contributed by atoms with Crippen molar-refractivity contribution in [3.63, 3.8) is 0 Å². The van der Waals surface area contributed by atoms with Gasteiger partial charge in [-0.2, -0.15) is 4.31 Å². The molecule has 1 N–H and O–H groups in total. The molecular formula is C18H26N2O4S. The fourth-order valence-corrected chi connectivity index (χ4v) is 5.71. The van der Waals surface area contributed by atoms with E-state index in [0.29, 0.717) is 30.3 Å². The Labute approximate surface area is 149 Å². The van der Waals surface area contributed by atoms with Crippen LogP contribution in [0, 0.1) is 13.8 Å². The van der Waals surface area contributed by atoms with E-state index in [-0.39, 0.29) is 10.5 Å². The monoisotopic (exact) mass is 366 g/mol. The smallest absolute Gasteiger partial charge is 0.335 e. The minimum Gasteiger partial charge on any atom is -0.478 e. The maximum absolute atomic E-state index is 13.1. The van der Waals surface area contributed by atoms with Gasteiger partial charge in [0.15, 0.2) is 0 Å². The van der Waals surface area contributed by atoms with E-state index in [9.17, 15) is 18.3 Å². The molecule has 1 aromatic rings. The third-order valence-corrected chi connectivity index (χ3v) is 7.59. The van der Waals surface area contributed by atoms with Gasteiger partial charge in [-0.15, -0.1) is 0 Å². The van der Waals surface area contributed by atoms with Crippen LogP contribution >= 0.6 is 0 Å². The molecule has 2 heterocycles. The van der Waals surface area contributed by atoms with E-state index >= 15 is 0 Å². The molecule has 1 aromatic carbocycles. The highest BCUT2D eigenvalue weighted by molar-refractivity contribution is 7.89. The molecule has 3 rings (SSSR count). The van der Waals surface area contributed by atoms with Gasteiger partial charge in [0.25, 0.3) is 0 Å². The minimum absolute atomic E-state index is 0.0219. The molecule has 2 aliphatic rings. The Morgan fingerprint density at radius 2 is 1.68 bits per heavy atom. The van der Waals surface area contributed by atoms with Crippen LogP contribution in [0.4, 0.5) is 0 Å². The molecule has 2 fully saturated rings. The Bertz CT molecular complexity index is 762. The Morgan fingerprint density at radius 1 is 1.08 bits per heavy atom. The second-order valence-corrected chi connectivity index (χ2v) is 9.01. The molecule has 0 atom stereocenters. The van der Waals surface area contributed by atoms with E-state index in [2.05, 4.69) is 4.90 Å². The number of hydrogen-bond donors (Lipinski definition) is 1. The summed E-state index contributed by atoms with van der Waals surface area (Å²) in [4.78, 5) is 13.9. The lowest BCUT2D eigenvalue weighted by molar-refractivity contribution is 0.0696. The van der Waals surface area contributed by atoms with Crippen molar-refractivity contribution in [3.8, 4) is 0 Å². The Balaban J connectivity index is 1.82. The van der Waals surface area contributed by atoms with Crippen molar-refractivity contribution in [2.24, 2.45) is 0 Å². The molecule has 2 aliphatic heterocycles. The first kappa shape index (κ1) is 18.4. The topological polar surface area (TPSA) is 77.9 Å². The maximum atomic E-state index is 13.1. The molecule has 0 aliphatic carbocycles. The lowest BCUT2D eigenvalue weighted by Gasteiger charge is -2.36. The van der Waals surface area contributed by atoms with Gasteiger partial charge < -0.3 is 10.0 Å². The van der Waals surface area contributed by atoms with Crippen molar-refractivity contribution in [1.29, 1.82) is 0 Å². The Morgan fingerprint density at radius 3 is 2.24 bits per heavy atom. The summed E-state index contributed by atoms with van der Waals surface area (Å²) in [6, 6.07) is 3.30. The van der Waals surface area contributed by atoms with Crippen LogP contribution in [0.5, 0.6) is 0 Å². The first-order chi connectivity index (χ1) is 11.8. The number of rotatable bonds is 4. The molecule has 6 nitrogen and oxygen atoms in total. The predicted molar refractivity (Wildman–Crippen MR) is 95.5 cm³/mol. The van der Waals surface area contributed by atoms with Crippen LogP contribution in [0.2, 0.25) is 0 Å². The van der Waals surface area contributed by atoms with Gasteiger partial charge in [0.1, 0.15) is 0 Å². The normalized spacial score (nSPS) is 20.9. The summed E-state index contributed by atoms with van der Waals surface area (Å²) in [5, 5.41) is 9.24. The molecule has 7 heteroatoms. The summed E-state index contributed by atoms with van der Waals surface area (Å²) in [6.45, 7) is 6.73. The molecule has 138 valence electrons. The number of aromatic carboxylic acids is 1. The van der Waals surface area contributed by atoms with E-state index in [1.165, 1.54) is 29.3 Å². The van der Waals surface area contributed by atoms with Gasteiger partial charge >= 0.3 is 5.97 Å². The molecule has 2 saturated heterocycles. The van der Waals surface area contributed by atoms with Crippen LogP contribution in [0.15, 0.2) is 17.0 Å². The zero-order chi connectivity index (χ0) is 18.2. The van der Waals surface area contributed by atoms with Crippen LogP contribution in [-0.2, 0) is 10.0 Å². The van der Waals surface area contributed by atoms with Crippen molar-refractivity contribution >= 4 is 16.0 Å². The van der Waals surface area contributed by atoms with Crippen molar-refractivity contribution in [3.05, 3.63) is 28.8 Å². The van der Waals surface area contributed by atoms with Crippen LogP contribution in [0.1, 0.15) is 47.2 Å². The molecule has 0 radical (unpaired) electrons. The van der Waals surface area contributed by atoms with Crippen LogP contribution in [0.3, 0.4) is 0 Å². The highest BCUT2D eigenvalue weighted by atomic mass is 32.2. The quantitative estimate of drug-likeness (QED) is 0.884. The van der Waals surface area contributed by atoms with Crippen molar-refractivity contribution in [2.75, 3.05) is 26.2 Å². The number of aryl methyl sites for hydroxylation is 1. The average molecular weight is 366 g/mol. The molecular weight excluding hydrogens is 340 g/mol. The first-order valence-electron chi connectivity index (χ1n) is 8.89. The molecule has 0 aromatic heterocycles. The van der Waals surface area contributed by atoms with Gasteiger partial charge in [-0.05, 0) is 75.9 Å².